The highest BCUT2D eigenvalue weighted by Crippen LogP contribution is 2.27. The lowest BCUT2D eigenvalue weighted by atomic mass is 10.1. The van der Waals surface area contributed by atoms with Gasteiger partial charge in [0.15, 0.2) is 0 Å². The van der Waals surface area contributed by atoms with E-state index in [1.807, 2.05) is 0 Å². The third-order valence-electron chi connectivity index (χ3n) is 2.70. The van der Waals surface area contributed by atoms with Crippen LogP contribution in [0.2, 0.25) is 0 Å². The maximum Gasteiger partial charge on any atom is 0.306 e. The average molecular weight is 207 g/mol. The molecule has 0 aromatic carbocycles. The molecule has 1 aromatic rings. The SMILES string of the molecule is O=C(O)[C@@H]1CC[C@H](Nc2cnccn2)C1. The van der Waals surface area contributed by atoms with Gasteiger partial charge in [0, 0.05) is 18.4 Å². The number of anilines is 1. The van der Waals surface area contributed by atoms with E-state index in [0.717, 1.165) is 12.8 Å². The second-order valence-electron chi connectivity index (χ2n) is 3.78. The molecular weight excluding hydrogens is 194 g/mol. The monoisotopic (exact) mass is 207 g/mol. The average Bonchev–Trinajstić information content (AvgIpc) is 2.68. The molecule has 15 heavy (non-hydrogen) atoms. The zero-order chi connectivity index (χ0) is 10.7. The van der Waals surface area contributed by atoms with Crippen molar-refractivity contribution < 1.29 is 9.90 Å². The molecule has 0 radical (unpaired) electrons. The molecular formula is C10H13N3O2. The minimum atomic E-state index is -0.696. The summed E-state index contributed by atoms with van der Waals surface area (Å²) in [5.74, 6) is -0.189. The van der Waals surface area contributed by atoms with Gasteiger partial charge in [-0.05, 0) is 19.3 Å². The molecule has 0 unspecified atom stereocenters. The fourth-order valence-corrected chi connectivity index (χ4v) is 1.92. The van der Waals surface area contributed by atoms with Crippen LogP contribution in [0.15, 0.2) is 18.6 Å². The zero-order valence-corrected chi connectivity index (χ0v) is 8.26. The summed E-state index contributed by atoms with van der Waals surface area (Å²) < 4.78 is 0. The number of carbonyl (C=O) groups is 1. The van der Waals surface area contributed by atoms with Gasteiger partial charge in [0.25, 0.3) is 0 Å². The molecule has 1 aliphatic rings. The first-order chi connectivity index (χ1) is 7.25. The second kappa shape index (κ2) is 4.25. The van der Waals surface area contributed by atoms with Gasteiger partial charge in [-0.15, -0.1) is 0 Å². The van der Waals surface area contributed by atoms with Gasteiger partial charge in [0.1, 0.15) is 5.82 Å². The molecule has 0 spiro atoms. The molecule has 2 atom stereocenters. The summed E-state index contributed by atoms with van der Waals surface area (Å²) in [7, 11) is 0. The van der Waals surface area contributed by atoms with Crippen LogP contribution in [0.5, 0.6) is 0 Å². The predicted molar refractivity (Wildman–Crippen MR) is 54.4 cm³/mol. The van der Waals surface area contributed by atoms with Gasteiger partial charge < -0.3 is 10.4 Å². The lowest BCUT2D eigenvalue weighted by Crippen LogP contribution is -2.18. The van der Waals surface area contributed by atoms with E-state index in [-0.39, 0.29) is 12.0 Å². The van der Waals surface area contributed by atoms with E-state index < -0.39 is 5.97 Å². The van der Waals surface area contributed by atoms with E-state index in [2.05, 4.69) is 15.3 Å². The summed E-state index contributed by atoms with van der Waals surface area (Å²) in [6.45, 7) is 0. The van der Waals surface area contributed by atoms with Crippen LogP contribution in [-0.2, 0) is 4.79 Å². The van der Waals surface area contributed by atoms with Crippen LogP contribution in [-0.4, -0.2) is 27.1 Å². The summed E-state index contributed by atoms with van der Waals surface area (Å²) in [5.41, 5.74) is 0. The molecule has 0 amide bonds. The van der Waals surface area contributed by atoms with Crippen LogP contribution >= 0.6 is 0 Å². The molecule has 5 nitrogen and oxygen atoms in total. The van der Waals surface area contributed by atoms with Gasteiger partial charge >= 0.3 is 5.97 Å². The molecule has 1 fully saturated rings. The minimum absolute atomic E-state index is 0.209. The van der Waals surface area contributed by atoms with Crippen LogP contribution in [0.25, 0.3) is 0 Å². The van der Waals surface area contributed by atoms with Crippen molar-refractivity contribution in [1.82, 2.24) is 9.97 Å². The number of nitrogens with one attached hydrogen (secondary N) is 1. The second-order valence-corrected chi connectivity index (χ2v) is 3.78. The number of hydrogen-bond donors (Lipinski definition) is 2. The summed E-state index contributed by atoms with van der Waals surface area (Å²) >= 11 is 0. The van der Waals surface area contributed by atoms with E-state index in [1.165, 1.54) is 0 Å². The Kier molecular flexibility index (Phi) is 2.80. The van der Waals surface area contributed by atoms with Gasteiger partial charge in [-0.3, -0.25) is 9.78 Å². The Morgan fingerprint density at radius 3 is 2.93 bits per heavy atom. The highest BCUT2D eigenvalue weighted by atomic mass is 16.4. The number of rotatable bonds is 3. The molecule has 1 aromatic heterocycles. The number of carboxylic acids is 1. The standard InChI is InChI=1S/C10H13N3O2/c14-10(15)7-1-2-8(5-7)13-9-6-11-3-4-12-9/h3-4,6-8H,1-2,5H2,(H,12,13)(H,14,15)/t7-,8+/m1/s1. The van der Waals surface area contributed by atoms with E-state index in [1.54, 1.807) is 18.6 Å². The number of carboxylic acid groups (broad SMARTS) is 1. The van der Waals surface area contributed by atoms with E-state index in [4.69, 9.17) is 5.11 Å². The Labute approximate surface area is 87.6 Å². The van der Waals surface area contributed by atoms with Gasteiger partial charge in [-0.2, -0.15) is 0 Å². The summed E-state index contributed by atoms with van der Waals surface area (Å²) in [4.78, 5) is 18.8. The molecule has 0 bridgehead atoms. The molecule has 80 valence electrons. The Morgan fingerprint density at radius 1 is 1.47 bits per heavy atom. The Balaban J connectivity index is 1.90. The first kappa shape index (κ1) is 9.89. The summed E-state index contributed by atoms with van der Waals surface area (Å²) in [6.07, 6.45) is 7.17. The van der Waals surface area contributed by atoms with Crippen LogP contribution < -0.4 is 5.32 Å². The lowest BCUT2D eigenvalue weighted by molar-refractivity contribution is -0.141. The Morgan fingerprint density at radius 2 is 2.33 bits per heavy atom. The van der Waals surface area contributed by atoms with Crippen molar-refractivity contribution in [3.05, 3.63) is 18.6 Å². The molecule has 2 N–H and O–H groups in total. The molecule has 1 heterocycles. The molecule has 1 aliphatic carbocycles. The van der Waals surface area contributed by atoms with Gasteiger partial charge in [-0.1, -0.05) is 0 Å². The van der Waals surface area contributed by atoms with Crippen molar-refractivity contribution in [3.63, 3.8) is 0 Å². The van der Waals surface area contributed by atoms with Crippen molar-refractivity contribution in [1.29, 1.82) is 0 Å². The highest BCUT2D eigenvalue weighted by molar-refractivity contribution is 5.70. The molecule has 1 saturated carbocycles. The normalized spacial score (nSPS) is 25.1. The van der Waals surface area contributed by atoms with Crippen molar-refractivity contribution >= 4 is 11.8 Å². The third kappa shape index (κ3) is 2.43. The topological polar surface area (TPSA) is 75.1 Å². The first-order valence-electron chi connectivity index (χ1n) is 5.01. The lowest BCUT2D eigenvalue weighted by Gasteiger charge is -2.11. The maximum absolute atomic E-state index is 10.7. The molecule has 0 saturated heterocycles. The third-order valence-corrected chi connectivity index (χ3v) is 2.70. The summed E-state index contributed by atoms with van der Waals surface area (Å²) in [5, 5.41) is 12.0. The van der Waals surface area contributed by atoms with E-state index in [0.29, 0.717) is 12.2 Å². The summed E-state index contributed by atoms with van der Waals surface area (Å²) in [6, 6.07) is 0.211. The van der Waals surface area contributed by atoms with Crippen molar-refractivity contribution in [2.24, 2.45) is 5.92 Å². The number of aromatic nitrogens is 2. The fraction of sp³-hybridized carbons (Fsp3) is 0.500. The minimum Gasteiger partial charge on any atom is -0.481 e. The quantitative estimate of drug-likeness (QED) is 0.777. The number of aliphatic carboxylic acids is 1. The zero-order valence-electron chi connectivity index (χ0n) is 8.26. The van der Waals surface area contributed by atoms with E-state index in [9.17, 15) is 4.79 Å². The maximum atomic E-state index is 10.7. The number of hydrogen-bond acceptors (Lipinski definition) is 4. The van der Waals surface area contributed by atoms with Crippen molar-refractivity contribution in [2.45, 2.75) is 25.3 Å². The van der Waals surface area contributed by atoms with Crippen LogP contribution in [0.3, 0.4) is 0 Å². The van der Waals surface area contributed by atoms with Crippen LogP contribution in [0.4, 0.5) is 5.82 Å². The van der Waals surface area contributed by atoms with Gasteiger partial charge in [-0.25, -0.2) is 4.98 Å². The van der Waals surface area contributed by atoms with Crippen LogP contribution in [0.1, 0.15) is 19.3 Å². The predicted octanol–water partition coefficient (Wildman–Crippen LogP) is 1.14. The van der Waals surface area contributed by atoms with Gasteiger partial charge in [0.2, 0.25) is 0 Å². The van der Waals surface area contributed by atoms with Crippen LogP contribution in [0, 0.1) is 5.92 Å². The smallest absolute Gasteiger partial charge is 0.306 e. The fourth-order valence-electron chi connectivity index (χ4n) is 1.92. The van der Waals surface area contributed by atoms with Crippen molar-refractivity contribution in [2.75, 3.05) is 5.32 Å². The van der Waals surface area contributed by atoms with Crippen molar-refractivity contribution in [3.8, 4) is 0 Å². The largest absolute Gasteiger partial charge is 0.481 e. The van der Waals surface area contributed by atoms with E-state index >= 15 is 0 Å². The molecule has 2 rings (SSSR count). The number of nitrogens with zero attached hydrogens (tertiary/aromatic N) is 2. The molecule has 0 aliphatic heterocycles. The molecule has 5 heteroatoms. The van der Waals surface area contributed by atoms with Gasteiger partial charge in [0.05, 0.1) is 12.1 Å². The Bertz CT molecular complexity index is 342. The highest BCUT2D eigenvalue weighted by Gasteiger charge is 2.29. The Hall–Kier alpha value is -1.65. The first-order valence-corrected chi connectivity index (χ1v) is 5.01.